The minimum absolute atomic E-state index is 0.000637. The molecule has 3 heterocycles. The van der Waals surface area contributed by atoms with E-state index < -0.39 is 17.2 Å². The normalized spacial score (nSPS) is 26.3. The highest BCUT2D eigenvalue weighted by molar-refractivity contribution is 6.38. The van der Waals surface area contributed by atoms with E-state index in [0.29, 0.717) is 38.4 Å². The van der Waals surface area contributed by atoms with Crippen LogP contribution in [0.5, 0.6) is 0 Å². The molecule has 2 unspecified atom stereocenters. The van der Waals surface area contributed by atoms with E-state index in [4.69, 9.17) is 22.1 Å². The number of benzene rings is 1. The third-order valence-corrected chi connectivity index (χ3v) is 6.96. The molecule has 0 radical (unpaired) electrons. The number of pyridine rings is 1. The number of hydrogen-bond acceptors (Lipinski definition) is 5. The molecule has 1 aliphatic carbocycles. The molecule has 2 aromatic rings. The van der Waals surface area contributed by atoms with Crippen molar-refractivity contribution in [3.05, 3.63) is 38.9 Å². The Morgan fingerprint density at radius 2 is 2.21 bits per heavy atom. The minimum Gasteiger partial charge on any atom is -0.477 e. The van der Waals surface area contributed by atoms with Crippen LogP contribution in [0.2, 0.25) is 5.02 Å². The van der Waals surface area contributed by atoms with Gasteiger partial charge in [-0.3, -0.25) is 4.79 Å². The molecule has 0 spiro atoms. The van der Waals surface area contributed by atoms with Gasteiger partial charge in [0.1, 0.15) is 11.4 Å². The van der Waals surface area contributed by atoms with Gasteiger partial charge in [-0.1, -0.05) is 11.6 Å². The third kappa shape index (κ3) is 2.69. The molecule has 2 saturated heterocycles. The summed E-state index contributed by atoms with van der Waals surface area (Å²) >= 11 is 6.70. The van der Waals surface area contributed by atoms with Crippen molar-refractivity contribution in [2.45, 2.75) is 18.9 Å². The van der Waals surface area contributed by atoms with Crippen LogP contribution in [0.4, 0.5) is 10.1 Å². The summed E-state index contributed by atoms with van der Waals surface area (Å²) in [6.45, 7) is 2.65. The summed E-state index contributed by atoms with van der Waals surface area (Å²) in [6, 6.07) is 1.19. The van der Waals surface area contributed by atoms with Gasteiger partial charge in [0.2, 0.25) is 5.43 Å². The van der Waals surface area contributed by atoms with Crippen LogP contribution in [-0.4, -0.2) is 48.5 Å². The Hall–Kier alpha value is -2.16. The number of ether oxygens (including phenoxy) is 1. The lowest BCUT2D eigenvalue weighted by Crippen LogP contribution is -2.38. The van der Waals surface area contributed by atoms with E-state index in [-0.39, 0.29) is 39.0 Å². The fourth-order valence-corrected chi connectivity index (χ4v) is 5.21. The molecule has 3 N–H and O–H groups in total. The Kier molecular flexibility index (Phi) is 4.17. The second kappa shape index (κ2) is 6.42. The van der Waals surface area contributed by atoms with Gasteiger partial charge in [-0.15, -0.1) is 0 Å². The summed E-state index contributed by atoms with van der Waals surface area (Å²) in [4.78, 5) is 26.1. The van der Waals surface area contributed by atoms with Crippen molar-refractivity contribution in [2.75, 3.05) is 37.7 Å². The first-order chi connectivity index (χ1) is 13.9. The van der Waals surface area contributed by atoms with Crippen molar-refractivity contribution < 1.29 is 19.0 Å². The number of nitrogens with zero attached hydrogens (tertiary/aromatic N) is 2. The SMILES string of the molecule is NCC12COCC1CN(c1c(F)cc3c(=O)c(C(=O)O)cn(C4CC4)c3c1Cl)C2. The number of carboxylic acids is 1. The Morgan fingerprint density at radius 3 is 2.83 bits per heavy atom. The maximum atomic E-state index is 15.2. The average Bonchev–Trinajstić information content (AvgIpc) is 3.34. The molecular weight excluding hydrogens is 401 g/mol. The number of nitrogens with two attached hydrogens (primary N) is 1. The van der Waals surface area contributed by atoms with Gasteiger partial charge >= 0.3 is 5.97 Å². The highest BCUT2D eigenvalue weighted by Gasteiger charge is 2.50. The van der Waals surface area contributed by atoms with Crippen molar-refractivity contribution in [2.24, 2.45) is 17.1 Å². The number of aromatic carboxylic acids is 1. The third-order valence-electron chi connectivity index (χ3n) is 6.60. The van der Waals surface area contributed by atoms with Gasteiger partial charge in [0.15, 0.2) is 0 Å². The van der Waals surface area contributed by atoms with Gasteiger partial charge in [0.05, 0.1) is 34.8 Å². The zero-order valence-corrected chi connectivity index (χ0v) is 16.4. The molecular formula is C20H21ClFN3O4. The summed E-state index contributed by atoms with van der Waals surface area (Å²) in [5.41, 5.74) is 5.35. The van der Waals surface area contributed by atoms with Crippen LogP contribution < -0.4 is 16.1 Å². The van der Waals surface area contributed by atoms with E-state index in [1.807, 2.05) is 4.90 Å². The summed E-state index contributed by atoms with van der Waals surface area (Å²) < 4.78 is 22.5. The van der Waals surface area contributed by atoms with E-state index >= 15 is 4.39 Å². The van der Waals surface area contributed by atoms with Crippen molar-refractivity contribution in [1.82, 2.24) is 4.57 Å². The van der Waals surface area contributed by atoms with Gasteiger partial charge in [0, 0.05) is 43.2 Å². The fraction of sp³-hybridized carbons (Fsp3) is 0.500. The summed E-state index contributed by atoms with van der Waals surface area (Å²) in [5, 5.41) is 9.54. The minimum atomic E-state index is -1.33. The predicted octanol–water partition coefficient (Wildman–Crippen LogP) is 2.24. The summed E-state index contributed by atoms with van der Waals surface area (Å²) in [5.74, 6) is -1.76. The van der Waals surface area contributed by atoms with Gasteiger partial charge in [-0.2, -0.15) is 0 Å². The van der Waals surface area contributed by atoms with E-state index in [1.54, 1.807) is 4.57 Å². The molecule has 5 rings (SSSR count). The zero-order valence-electron chi connectivity index (χ0n) is 15.7. The number of carboxylic acid groups (broad SMARTS) is 1. The number of rotatable bonds is 4. The molecule has 2 atom stereocenters. The number of hydrogen-bond donors (Lipinski definition) is 2. The van der Waals surface area contributed by atoms with Gasteiger partial charge < -0.3 is 25.0 Å². The first kappa shape index (κ1) is 18.8. The molecule has 3 aliphatic rings. The monoisotopic (exact) mass is 421 g/mol. The van der Waals surface area contributed by atoms with E-state index in [1.165, 1.54) is 6.20 Å². The molecule has 154 valence electrons. The smallest absolute Gasteiger partial charge is 0.341 e. The molecule has 29 heavy (non-hydrogen) atoms. The summed E-state index contributed by atoms with van der Waals surface area (Å²) in [7, 11) is 0. The lowest BCUT2D eigenvalue weighted by atomic mass is 9.81. The predicted molar refractivity (Wildman–Crippen MR) is 106 cm³/mol. The average molecular weight is 422 g/mol. The molecule has 9 heteroatoms. The Bertz CT molecular complexity index is 1100. The van der Waals surface area contributed by atoms with Gasteiger partial charge in [-0.05, 0) is 18.9 Å². The van der Waals surface area contributed by atoms with Crippen LogP contribution >= 0.6 is 11.6 Å². The quantitative estimate of drug-likeness (QED) is 0.785. The molecule has 0 bridgehead atoms. The lowest BCUT2D eigenvalue weighted by Gasteiger charge is -2.27. The van der Waals surface area contributed by atoms with Gasteiger partial charge in [-0.25, -0.2) is 9.18 Å². The van der Waals surface area contributed by atoms with E-state index in [0.717, 1.165) is 18.9 Å². The molecule has 3 fully saturated rings. The number of fused-ring (bicyclic) bond motifs is 2. The van der Waals surface area contributed by atoms with Crippen LogP contribution in [0.1, 0.15) is 29.2 Å². The molecule has 0 amide bonds. The number of anilines is 1. The van der Waals surface area contributed by atoms with Crippen molar-refractivity contribution >= 4 is 34.2 Å². The van der Waals surface area contributed by atoms with Crippen LogP contribution in [-0.2, 0) is 4.74 Å². The molecule has 2 aliphatic heterocycles. The Morgan fingerprint density at radius 1 is 1.45 bits per heavy atom. The molecule has 1 saturated carbocycles. The highest BCUT2D eigenvalue weighted by Crippen LogP contribution is 2.47. The first-order valence-electron chi connectivity index (χ1n) is 9.69. The summed E-state index contributed by atoms with van der Waals surface area (Å²) in [6.07, 6.45) is 3.06. The Labute approximate surface area is 170 Å². The van der Waals surface area contributed by atoms with E-state index in [9.17, 15) is 14.7 Å². The second-order valence-electron chi connectivity index (χ2n) is 8.39. The number of carbonyl (C=O) groups is 1. The maximum Gasteiger partial charge on any atom is 0.341 e. The van der Waals surface area contributed by atoms with E-state index in [2.05, 4.69) is 0 Å². The van der Waals surface area contributed by atoms with Crippen LogP contribution in [0.15, 0.2) is 17.1 Å². The maximum absolute atomic E-state index is 15.2. The number of halogens is 2. The molecule has 1 aromatic heterocycles. The van der Waals surface area contributed by atoms with Crippen molar-refractivity contribution in [3.63, 3.8) is 0 Å². The Balaban J connectivity index is 1.71. The fourth-order valence-electron chi connectivity index (χ4n) is 4.81. The standard InChI is InChI=1S/C20H21ClFN3O4/c21-15-16-12(18(26)13(19(27)28)5-25(16)11-1-2-11)3-14(22)17(15)24-4-10-6-29-9-20(10,7-23)8-24/h3,5,10-11H,1-2,4,6-9,23H2,(H,27,28). The highest BCUT2D eigenvalue weighted by atomic mass is 35.5. The van der Waals surface area contributed by atoms with Crippen molar-refractivity contribution in [1.29, 1.82) is 0 Å². The topological polar surface area (TPSA) is 97.8 Å². The zero-order chi connectivity index (χ0) is 20.5. The lowest BCUT2D eigenvalue weighted by molar-refractivity contribution is 0.0695. The van der Waals surface area contributed by atoms with Gasteiger partial charge in [0.25, 0.3) is 0 Å². The van der Waals surface area contributed by atoms with Crippen LogP contribution in [0.25, 0.3) is 10.9 Å². The van der Waals surface area contributed by atoms with Crippen LogP contribution in [0, 0.1) is 17.2 Å². The first-order valence-corrected chi connectivity index (χ1v) is 10.1. The van der Waals surface area contributed by atoms with Crippen LogP contribution in [0.3, 0.4) is 0 Å². The molecule has 1 aromatic carbocycles. The number of aromatic nitrogens is 1. The molecule has 7 nitrogen and oxygen atoms in total. The van der Waals surface area contributed by atoms with Crippen molar-refractivity contribution in [3.8, 4) is 0 Å². The largest absolute Gasteiger partial charge is 0.477 e. The second-order valence-corrected chi connectivity index (χ2v) is 8.77.